The number of aromatic nitrogens is 3. The highest BCUT2D eigenvalue weighted by Gasteiger charge is 2.24. The quantitative estimate of drug-likeness (QED) is 0.209. The molecule has 0 spiro atoms. The molecular weight excluding hydrogens is 530 g/mol. The average Bonchev–Trinajstić information content (AvgIpc) is 3.61. The van der Waals surface area contributed by atoms with E-state index < -0.39 is 6.04 Å². The molecule has 6 heteroatoms. The monoisotopic (exact) mass is 564 g/mol. The Hall–Kier alpha value is -5.62. The summed E-state index contributed by atoms with van der Waals surface area (Å²) in [6.45, 7) is 2.58. The summed E-state index contributed by atoms with van der Waals surface area (Å²) < 4.78 is 49.6. The summed E-state index contributed by atoms with van der Waals surface area (Å²) in [6, 6.07) is 26.5. The van der Waals surface area contributed by atoms with E-state index in [1.807, 2.05) is 73.7 Å². The number of benzene rings is 4. The predicted octanol–water partition coefficient (Wildman–Crippen LogP) is 8.89. The van der Waals surface area contributed by atoms with Crippen LogP contribution in [-0.2, 0) is 0 Å². The zero-order valence-electron chi connectivity index (χ0n) is 28.6. The Kier molecular flexibility index (Phi) is 4.73. The van der Waals surface area contributed by atoms with Gasteiger partial charge in [0, 0.05) is 53.6 Å². The van der Waals surface area contributed by atoms with Gasteiger partial charge in [0.1, 0.15) is 11.6 Å². The second-order valence-corrected chi connectivity index (χ2v) is 10.6. The van der Waals surface area contributed by atoms with Crippen LogP contribution in [0.2, 0.25) is 0 Å². The fraction of sp³-hybridized carbons (Fsp3) is 0.0811. The van der Waals surface area contributed by atoms with Crippen molar-refractivity contribution in [1.82, 2.24) is 14.5 Å². The predicted molar refractivity (Wildman–Crippen MR) is 175 cm³/mol. The summed E-state index contributed by atoms with van der Waals surface area (Å²) in [5, 5.41) is 2.07. The number of nitrogens with zero attached hydrogens (tertiary/aromatic N) is 5. The van der Waals surface area contributed by atoms with Crippen LogP contribution < -0.4 is 14.5 Å². The van der Waals surface area contributed by atoms with Crippen molar-refractivity contribution in [3.8, 4) is 28.6 Å². The van der Waals surface area contributed by atoms with Gasteiger partial charge in [-0.05, 0) is 60.5 Å². The van der Waals surface area contributed by atoms with Crippen molar-refractivity contribution in [2.45, 2.75) is 6.92 Å². The Morgan fingerprint density at radius 3 is 2.44 bits per heavy atom. The smallest absolute Gasteiger partial charge is 0.221 e. The number of ether oxygens (including phenoxy) is 1. The summed E-state index contributed by atoms with van der Waals surface area (Å²) in [6.07, 6.45) is 3.34. The molecular formula is C37H29N5O. The van der Waals surface area contributed by atoms with Crippen molar-refractivity contribution >= 4 is 38.9 Å². The molecule has 0 saturated heterocycles. The van der Waals surface area contributed by atoms with E-state index in [1.54, 1.807) is 12.4 Å². The number of hydrogen-bond donors (Lipinski definition) is 0. The summed E-state index contributed by atoms with van der Waals surface area (Å²) >= 11 is 0. The second-order valence-electron chi connectivity index (χ2n) is 10.6. The van der Waals surface area contributed by atoms with E-state index in [-0.39, 0.29) is 29.7 Å². The van der Waals surface area contributed by atoms with Gasteiger partial charge >= 0.3 is 0 Å². The Labute approximate surface area is 257 Å². The van der Waals surface area contributed by atoms with E-state index in [0.29, 0.717) is 23.0 Å². The van der Waals surface area contributed by atoms with Crippen LogP contribution in [0.5, 0.6) is 11.6 Å². The maximum atomic E-state index is 8.47. The third-order valence-corrected chi connectivity index (χ3v) is 7.93. The van der Waals surface area contributed by atoms with Gasteiger partial charge in [-0.2, -0.15) is 0 Å². The van der Waals surface area contributed by atoms with Crippen LogP contribution in [0.3, 0.4) is 0 Å². The average molecular weight is 565 g/mol. The third kappa shape index (κ3) is 4.27. The SMILES string of the molecule is [2H]c1c([2H])c([2H])c(-c2cnc(-n3c4ccccc4c4ccc(Oc5cc(N6CN(C)c7ccccc76)ccn5)cc43)cc2C)c([2H])c1[2H]. The van der Waals surface area contributed by atoms with Gasteiger partial charge in [-0.15, -0.1) is 0 Å². The highest BCUT2D eigenvalue weighted by Crippen LogP contribution is 2.41. The molecule has 0 N–H and O–H groups in total. The van der Waals surface area contributed by atoms with Gasteiger partial charge in [-0.25, -0.2) is 9.97 Å². The summed E-state index contributed by atoms with van der Waals surface area (Å²) in [5.41, 5.74) is 6.45. The van der Waals surface area contributed by atoms with Crippen LogP contribution in [0.4, 0.5) is 17.1 Å². The molecule has 4 aromatic carbocycles. The first-order valence-electron chi connectivity index (χ1n) is 16.5. The summed E-state index contributed by atoms with van der Waals surface area (Å²) in [7, 11) is 2.07. The standard InChI is InChI=1S/C37H29N5O/c1-25-20-36(39-23-31(25)26-10-4-3-5-11-26)42-32-13-7-6-12-29(32)30-17-16-28(22-35(30)42)43-37-21-27(18-19-38-37)41-24-40(2)33-14-8-9-15-34(33)41/h3-23H,24H2,1-2H3/i3D,4D,5D,10D,11D. The van der Waals surface area contributed by atoms with Gasteiger partial charge < -0.3 is 14.5 Å². The maximum Gasteiger partial charge on any atom is 0.221 e. The number of fused-ring (bicyclic) bond motifs is 4. The molecule has 0 saturated carbocycles. The van der Waals surface area contributed by atoms with Crippen LogP contribution in [-0.4, -0.2) is 28.3 Å². The normalized spacial score (nSPS) is 14.3. The lowest BCUT2D eigenvalue weighted by atomic mass is 10.0. The largest absolute Gasteiger partial charge is 0.439 e. The molecule has 0 aliphatic carbocycles. The van der Waals surface area contributed by atoms with Gasteiger partial charge in [0.05, 0.1) is 35.9 Å². The van der Waals surface area contributed by atoms with E-state index >= 15 is 0 Å². The highest BCUT2D eigenvalue weighted by atomic mass is 16.5. The van der Waals surface area contributed by atoms with Crippen LogP contribution in [0.15, 0.2) is 128 Å². The Morgan fingerprint density at radius 1 is 0.791 bits per heavy atom. The molecule has 1 aliphatic heterocycles. The first kappa shape index (κ1) is 20.3. The van der Waals surface area contributed by atoms with E-state index in [1.165, 1.54) is 5.69 Å². The minimum absolute atomic E-state index is 0.134. The van der Waals surface area contributed by atoms with Crippen molar-refractivity contribution in [2.24, 2.45) is 0 Å². The summed E-state index contributed by atoms with van der Waals surface area (Å²) in [4.78, 5) is 13.7. The fourth-order valence-electron chi connectivity index (χ4n) is 5.91. The topological polar surface area (TPSA) is 46.4 Å². The number of pyridine rings is 2. The van der Waals surface area contributed by atoms with E-state index in [4.69, 9.17) is 16.6 Å². The first-order chi connectivity index (χ1) is 23.2. The first-order valence-corrected chi connectivity index (χ1v) is 14.0. The molecule has 7 aromatic rings. The number of aryl methyl sites for hydroxylation is 1. The van der Waals surface area contributed by atoms with Gasteiger partial charge in [-0.3, -0.25) is 4.57 Å². The zero-order chi connectivity index (χ0) is 33.3. The van der Waals surface area contributed by atoms with Crippen LogP contribution in [0.25, 0.3) is 38.8 Å². The van der Waals surface area contributed by atoms with E-state index in [9.17, 15) is 0 Å². The Bertz CT molecular complexity index is 2400. The number of para-hydroxylation sites is 3. The molecule has 0 bridgehead atoms. The van der Waals surface area contributed by atoms with Crippen LogP contribution in [0.1, 0.15) is 12.4 Å². The molecule has 0 atom stereocenters. The van der Waals surface area contributed by atoms with Gasteiger partial charge in [0.25, 0.3) is 0 Å². The van der Waals surface area contributed by atoms with Crippen molar-refractivity contribution in [3.05, 3.63) is 133 Å². The van der Waals surface area contributed by atoms with Gasteiger partial charge in [-0.1, -0.05) is 60.5 Å². The molecule has 0 fully saturated rings. The molecule has 8 rings (SSSR count). The maximum absolute atomic E-state index is 8.47. The molecule has 1 aliphatic rings. The lowest BCUT2D eigenvalue weighted by Crippen LogP contribution is -2.23. The van der Waals surface area contributed by atoms with Crippen molar-refractivity contribution < 1.29 is 11.6 Å². The molecule has 6 nitrogen and oxygen atoms in total. The number of rotatable bonds is 5. The van der Waals surface area contributed by atoms with Crippen molar-refractivity contribution in [3.63, 3.8) is 0 Å². The molecule has 0 amide bonds. The Balaban J connectivity index is 1.20. The number of anilines is 3. The minimum Gasteiger partial charge on any atom is -0.439 e. The molecule has 4 heterocycles. The third-order valence-electron chi connectivity index (χ3n) is 7.93. The summed E-state index contributed by atoms with van der Waals surface area (Å²) in [5.74, 6) is 1.71. The molecule has 43 heavy (non-hydrogen) atoms. The lowest BCUT2D eigenvalue weighted by molar-refractivity contribution is 0.463. The molecule has 0 unspecified atom stereocenters. The highest BCUT2D eigenvalue weighted by molar-refractivity contribution is 6.09. The lowest BCUT2D eigenvalue weighted by Gasteiger charge is -2.20. The van der Waals surface area contributed by atoms with Crippen molar-refractivity contribution in [2.75, 3.05) is 23.5 Å². The van der Waals surface area contributed by atoms with Crippen molar-refractivity contribution in [1.29, 1.82) is 0 Å². The Morgan fingerprint density at radius 2 is 1.58 bits per heavy atom. The van der Waals surface area contributed by atoms with E-state index in [2.05, 4.69) is 44.6 Å². The fourth-order valence-corrected chi connectivity index (χ4v) is 5.91. The zero-order valence-corrected chi connectivity index (χ0v) is 23.6. The van der Waals surface area contributed by atoms with Crippen LogP contribution in [0, 0.1) is 6.92 Å². The van der Waals surface area contributed by atoms with Gasteiger partial charge in [0.15, 0.2) is 0 Å². The minimum atomic E-state index is -0.421. The van der Waals surface area contributed by atoms with E-state index in [0.717, 1.165) is 45.4 Å². The number of hydrogen-bond acceptors (Lipinski definition) is 5. The van der Waals surface area contributed by atoms with Crippen LogP contribution >= 0.6 is 0 Å². The molecule has 3 aromatic heterocycles. The van der Waals surface area contributed by atoms with Gasteiger partial charge in [0.2, 0.25) is 5.88 Å². The molecule has 208 valence electrons. The molecule has 0 radical (unpaired) electrons. The second kappa shape index (κ2) is 10.0.